The summed E-state index contributed by atoms with van der Waals surface area (Å²) in [5, 5.41) is 1.35. The summed E-state index contributed by atoms with van der Waals surface area (Å²) >= 11 is 12.1. The fourth-order valence-electron chi connectivity index (χ4n) is 2.49. The molecule has 0 amide bonds. The Bertz CT molecular complexity index is 348. The van der Waals surface area contributed by atoms with Gasteiger partial charge in [-0.2, -0.15) is 0 Å². The van der Waals surface area contributed by atoms with Gasteiger partial charge in [0, 0.05) is 15.6 Å². The van der Waals surface area contributed by atoms with Crippen molar-refractivity contribution in [2.24, 2.45) is 5.73 Å². The predicted octanol–water partition coefficient (Wildman–Crippen LogP) is 4.50. The normalized spacial score (nSPS) is 20.4. The van der Waals surface area contributed by atoms with Gasteiger partial charge in [-0.1, -0.05) is 48.9 Å². The summed E-state index contributed by atoms with van der Waals surface area (Å²) in [7, 11) is 0. The highest BCUT2D eigenvalue weighted by Gasteiger charge is 2.28. The van der Waals surface area contributed by atoms with E-state index in [-0.39, 0.29) is 5.54 Å². The molecule has 1 aromatic rings. The lowest BCUT2D eigenvalue weighted by Crippen LogP contribution is -2.35. The standard InChI is InChI=1S/C13H17Cl2N/c14-11-7-10(8-12(15)9-11)13(16)5-3-1-2-4-6-13/h7-9H,1-6,16H2. The van der Waals surface area contributed by atoms with Gasteiger partial charge < -0.3 is 5.73 Å². The third-order valence-electron chi connectivity index (χ3n) is 3.43. The van der Waals surface area contributed by atoms with Gasteiger partial charge in [0.2, 0.25) is 0 Å². The molecule has 1 aliphatic rings. The van der Waals surface area contributed by atoms with Gasteiger partial charge in [-0.15, -0.1) is 0 Å². The van der Waals surface area contributed by atoms with Crippen molar-refractivity contribution >= 4 is 23.2 Å². The van der Waals surface area contributed by atoms with Crippen LogP contribution >= 0.6 is 23.2 Å². The Morgan fingerprint density at radius 2 is 1.38 bits per heavy atom. The van der Waals surface area contributed by atoms with E-state index in [4.69, 9.17) is 28.9 Å². The average Bonchev–Trinajstić information content (AvgIpc) is 2.43. The Morgan fingerprint density at radius 1 is 0.875 bits per heavy atom. The van der Waals surface area contributed by atoms with Gasteiger partial charge in [0.1, 0.15) is 0 Å². The number of halogens is 2. The van der Waals surface area contributed by atoms with E-state index in [0.717, 1.165) is 18.4 Å². The number of hydrogen-bond donors (Lipinski definition) is 1. The van der Waals surface area contributed by atoms with Crippen LogP contribution in [0.1, 0.15) is 44.1 Å². The zero-order valence-corrected chi connectivity index (χ0v) is 10.8. The molecule has 0 saturated heterocycles. The molecule has 0 heterocycles. The predicted molar refractivity (Wildman–Crippen MR) is 70.0 cm³/mol. The van der Waals surface area contributed by atoms with E-state index in [1.165, 1.54) is 25.7 Å². The molecule has 1 saturated carbocycles. The monoisotopic (exact) mass is 257 g/mol. The van der Waals surface area contributed by atoms with Crippen molar-refractivity contribution < 1.29 is 0 Å². The molecule has 0 aromatic heterocycles. The van der Waals surface area contributed by atoms with Crippen LogP contribution in [0.5, 0.6) is 0 Å². The fraction of sp³-hybridized carbons (Fsp3) is 0.538. The van der Waals surface area contributed by atoms with Gasteiger partial charge in [0.05, 0.1) is 0 Å². The summed E-state index contributed by atoms with van der Waals surface area (Å²) in [6.07, 6.45) is 7.02. The minimum atomic E-state index is -0.231. The second-order valence-electron chi connectivity index (χ2n) is 4.73. The van der Waals surface area contributed by atoms with Crippen LogP contribution in [0.3, 0.4) is 0 Å². The first kappa shape index (κ1) is 12.2. The minimum Gasteiger partial charge on any atom is -0.321 e. The number of nitrogens with two attached hydrogens (primary N) is 1. The molecular weight excluding hydrogens is 241 g/mol. The molecule has 2 rings (SSSR count). The first-order valence-corrected chi connectivity index (χ1v) is 6.61. The van der Waals surface area contributed by atoms with Crippen LogP contribution in [0.2, 0.25) is 10.0 Å². The summed E-state index contributed by atoms with van der Waals surface area (Å²) in [6, 6.07) is 5.67. The maximum Gasteiger partial charge on any atom is 0.0424 e. The smallest absolute Gasteiger partial charge is 0.0424 e. The van der Waals surface area contributed by atoms with Crippen molar-refractivity contribution in [2.75, 3.05) is 0 Å². The molecule has 1 aromatic carbocycles. The van der Waals surface area contributed by atoms with Crippen LogP contribution in [0.25, 0.3) is 0 Å². The summed E-state index contributed by atoms with van der Waals surface area (Å²) in [5.41, 5.74) is 7.36. The van der Waals surface area contributed by atoms with E-state index in [1.54, 1.807) is 6.07 Å². The van der Waals surface area contributed by atoms with Gasteiger partial charge in [-0.05, 0) is 36.6 Å². The first-order chi connectivity index (χ1) is 7.60. The van der Waals surface area contributed by atoms with Gasteiger partial charge in [-0.25, -0.2) is 0 Å². The maximum absolute atomic E-state index is 6.50. The molecule has 0 spiro atoms. The molecule has 0 atom stereocenters. The van der Waals surface area contributed by atoms with Crippen molar-refractivity contribution in [3.63, 3.8) is 0 Å². The second kappa shape index (κ2) is 4.95. The Morgan fingerprint density at radius 3 is 1.88 bits per heavy atom. The van der Waals surface area contributed by atoms with Crippen LogP contribution in [-0.4, -0.2) is 0 Å². The second-order valence-corrected chi connectivity index (χ2v) is 5.60. The average molecular weight is 258 g/mol. The Kier molecular flexibility index (Phi) is 3.78. The van der Waals surface area contributed by atoms with Crippen LogP contribution in [0.4, 0.5) is 0 Å². The van der Waals surface area contributed by atoms with Gasteiger partial charge >= 0.3 is 0 Å². The van der Waals surface area contributed by atoms with E-state index < -0.39 is 0 Å². The van der Waals surface area contributed by atoms with Gasteiger partial charge in [-0.3, -0.25) is 0 Å². The van der Waals surface area contributed by atoms with Crippen molar-refractivity contribution in [1.82, 2.24) is 0 Å². The fourth-order valence-corrected chi connectivity index (χ4v) is 3.02. The highest BCUT2D eigenvalue weighted by molar-refractivity contribution is 6.34. The first-order valence-electron chi connectivity index (χ1n) is 5.86. The Labute approximate surface area is 107 Å². The van der Waals surface area contributed by atoms with E-state index in [2.05, 4.69) is 0 Å². The molecule has 0 bridgehead atoms. The van der Waals surface area contributed by atoms with Crippen LogP contribution in [0.15, 0.2) is 18.2 Å². The molecular formula is C13H17Cl2N. The molecule has 1 fully saturated rings. The molecule has 16 heavy (non-hydrogen) atoms. The quantitative estimate of drug-likeness (QED) is 0.737. The largest absolute Gasteiger partial charge is 0.321 e. The Balaban J connectivity index is 2.32. The zero-order valence-electron chi connectivity index (χ0n) is 9.31. The SMILES string of the molecule is NC1(c2cc(Cl)cc(Cl)c2)CCCCCC1. The minimum absolute atomic E-state index is 0.231. The van der Waals surface area contributed by atoms with Gasteiger partial charge in [0.15, 0.2) is 0 Å². The third-order valence-corrected chi connectivity index (χ3v) is 3.87. The number of rotatable bonds is 1. The van der Waals surface area contributed by atoms with Gasteiger partial charge in [0.25, 0.3) is 0 Å². The van der Waals surface area contributed by atoms with Crippen molar-refractivity contribution in [3.05, 3.63) is 33.8 Å². The van der Waals surface area contributed by atoms with Crippen molar-refractivity contribution in [1.29, 1.82) is 0 Å². The van der Waals surface area contributed by atoms with Crippen LogP contribution in [-0.2, 0) is 5.54 Å². The summed E-state index contributed by atoms with van der Waals surface area (Å²) < 4.78 is 0. The number of hydrogen-bond acceptors (Lipinski definition) is 1. The molecule has 0 aliphatic heterocycles. The zero-order chi connectivity index (χ0) is 11.6. The molecule has 0 unspecified atom stereocenters. The maximum atomic E-state index is 6.50. The van der Waals surface area contributed by atoms with Crippen molar-refractivity contribution in [2.45, 2.75) is 44.1 Å². The summed E-state index contributed by atoms with van der Waals surface area (Å²) in [6.45, 7) is 0. The summed E-state index contributed by atoms with van der Waals surface area (Å²) in [4.78, 5) is 0. The summed E-state index contributed by atoms with van der Waals surface area (Å²) in [5.74, 6) is 0. The third kappa shape index (κ3) is 2.71. The Hall–Kier alpha value is -0.240. The lowest BCUT2D eigenvalue weighted by molar-refractivity contribution is 0.385. The lowest BCUT2D eigenvalue weighted by Gasteiger charge is -2.29. The molecule has 88 valence electrons. The topological polar surface area (TPSA) is 26.0 Å². The van der Waals surface area contributed by atoms with E-state index in [1.807, 2.05) is 12.1 Å². The molecule has 0 radical (unpaired) electrons. The number of benzene rings is 1. The molecule has 1 nitrogen and oxygen atoms in total. The highest BCUT2D eigenvalue weighted by atomic mass is 35.5. The van der Waals surface area contributed by atoms with Crippen LogP contribution < -0.4 is 5.73 Å². The highest BCUT2D eigenvalue weighted by Crippen LogP contribution is 2.35. The molecule has 1 aliphatic carbocycles. The van der Waals surface area contributed by atoms with Crippen molar-refractivity contribution in [3.8, 4) is 0 Å². The van der Waals surface area contributed by atoms with E-state index >= 15 is 0 Å². The van der Waals surface area contributed by atoms with E-state index in [0.29, 0.717) is 10.0 Å². The molecule has 3 heteroatoms. The molecule has 2 N–H and O–H groups in total. The van der Waals surface area contributed by atoms with Crippen LogP contribution in [0, 0.1) is 0 Å². The lowest BCUT2D eigenvalue weighted by atomic mass is 9.84. The van der Waals surface area contributed by atoms with E-state index in [9.17, 15) is 0 Å².